The number of aliphatic carboxylic acids is 1. The molecule has 2 aliphatic rings. The van der Waals surface area contributed by atoms with Crippen molar-refractivity contribution in [3.63, 3.8) is 0 Å². The number of hydrogen-bond donors (Lipinski definition) is 2. The molecule has 1 fully saturated rings. The van der Waals surface area contributed by atoms with Crippen molar-refractivity contribution in [2.45, 2.75) is 51.6 Å². The van der Waals surface area contributed by atoms with Crippen molar-refractivity contribution in [2.75, 3.05) is 26.3 Å². The van der Waals surface area contributed by atoms with E-state index in [2.05, 4.69) is 19.2 Å². The molecule has 0 spiro atoms. The number of carboxylic acids is 1. The number of carbonyl (C=O) groups excluding carboxylic acids is 1. The monoisotopic (exact) mass is 426 g/mol. The molecule has 0 aromatic heterocycles. The molecule has 8 heteroatoms. The summed E-state index contributed by atoms with van der Waals surface area (Å²) in [6.45, 7) is 6.09. The van der Waals surface area contributed by atoms with E-state index in [1.54, 1.807) is 4.90 Å². The summed E-state index contributed by atoms with van der Waals surface area (Å²) < 4.78 is 11.5. The molecule has 1 aromatic rings. The Bertz CT molecular complexity index is 712. The fourth-order valence-electron chi connectivity index (χ4n) is 3.87. The van der Waals surface area contributed by atoms with Gasteiger partial charge in [-0.05, 0) is 43.0 Å². The molecule has 2 aliphatic heterocycles. The highest BCUT2D eigenvalue weighted by molar-refractivity contribution is 5.85. The first-order valence-electron chi connectivity index (χ1n) is 10.1. The van der Waals surface area contributed by atoms with Gasteiger partial charge in [0.05, 0.1) is 25.8 Å². The fourth-order valence-corrected chi connectivity index (χ4v) is 3.87. The Morgan fingerprint density at radius 3 is 2.59 bits per heavy atom. The molecule has 2 unspecified atom stereocenters. The highest BCUT2D eigenvalue weighted by atomic mass is 35.5. The van der Waals surface area contributed by atoms with Crippen LogP contribution in [0.25, 0.3) is 0 Å². The van der Waals surface area contributed by atoms with Crippen LogP contribution in [0.5, 0.6) is 11.5 Å². The fraction of sp³-hybridized carbons (Fsp3) is 0.619. The van der Waals surface area contributed by atoms with Gasteiger partial charge in [-0.2, -0.15) is 0 Å². The second-order valence-corrected chi connectivity index (χ2v) is 7.87. The van der Waals surface area contributed by atoms with Crippen molar-refractivity contribution in [3.05, 3.63) is 23.8 Å². The van der Waals surface area contributed by atoms with Crippen molar-refractivity contribution < 1.29 is 24.2 Å². The largest absolute Gasteiger partial charge is 0.490 e. The summed E-state index contributed by atoms with van der Waals surface area (Å²) in [5, 5.41) is 12.5. The number of nitrogens with zero attached hydrogens (tertiary/aromatic N) is 1. The van der Waals surface area contributed by atoms with Gasteiger partial charge in [0.25, 0.3) is 0 Å². The molecule has 1 aromatic carbocycles. The van der Waals surface area contributed by atoms with Crippen molar-refractivity contribution in [1.29, 1.82) is 0 Å². The summed E-state index contributed by atoms with van der Waals surface area (Å²) in [5.74, 6) is 0.602. The summed E-state index contributed by atoms with van der Waals surface area (Å²) in [4.78, 5) is 25.9. The first-order valence-corrected chi connectivity index (χ1v) is 10.1. The molecule has 1 saturated heterocycles. The van der Waals surface area contributed by atoms with Crippen LogP contribution in [-0.2, 0) is 9.59 Å². The van der Waals surface area contributed by atoms with Gasteiger partial charge in [-0.25, -0.2) is 0 Å². The molecule has 7 nitrogen and oxygen atoms in total. The molecule has 0 bridgehead atoms. The molecule has 0 saturated carbocycles. The zero-order valence-corrected chi connectivity index (χ0v) is 17.9. The molecule has 162 valence electrons. The predicted molar refractivity (Wildman–Crippen MR) is 112 cm³/mol. The lowest BCUT2D eigenvalue weighted by molar-refractivity contribution is -0.145. The van der Waals surface area contributed by atoms with Crippen molar-refractivity contribution in [2.24, 2.45) is 5.92 Å². The van der Waals surface area contributed by atoms with E-state index < -0.39 is 12.0 Å². The number of benzene rings is 1. The van der Waals surface area contributed by atoms with Gasteiger partial charge in [-0.3, -0.25) is 14.5 Å². The van der Waals surface area contributed by atoms with Crippen LogP contribution >= 0.6 is 12.4 Å². The number of amides is 1. The number of ether oxygens (including phenoxy) is 2. The zero-order chi connectivity index (χ0) is 20.1. The maximum absolute atomic E-state index is 12.7. The summed E-state index contributed by atoms with van der Waals surface area (Å²) in [5.41, 5.74) is 0.959. The van der Waals surface area contributed by atoms with Gasteiger partial charge in [0, 0.05) is 6.42 Å². The first-order chi connectivity index (χ1) is 13.5. The Morgan fingerprint density at radius 2 is 1.90 bits per heavy atom. The first kappa shape index (κ1) is 23.3. The Balaban J connectivity index is 0.00000300. The van der Waals surface area contributed by atoms with Gasteiger partial charge in [0.15, 0.2) is 11.5 Å². The SMILES string of the molecule is CC(C)C(NC(=O)CN1CCCCC1C(=O)O)c1ccc2c(c1)OCCCO2.Cl. The van der Waals surface area contributed by atoms with Gasteiger partial charge in [0.2, 0.25) is 5.91 Å². The van der Waals surface area contributed by atoms with E-state index in [0.29, 0.717) is 31.9 Å². The number of fused-ring (bicyclic) bond motifs is 1. The number of piperidine rings is 1. The van der Waals surface area contributed by atoms with Crippen LogP contribution in [0.2, 0.25) is 0 Å². The maximum atomic E-state index is 12.7. The number of rotatable bonds is 6. The van der Waals surface area contributed by atoms with Crippen molar-refractivity contribution >= 4 is 24.3 Å². The number of carboxylic acid groups (broad SMARTS) is 1. The molecular weight excluding hydrogens is 396 g/mol. The summed E-state index contributed by atoms with van der Waals surface area (Å²) >= 11 is 0. The summed E-state index contributed by atoms with van der Waals surface area (Å²) in [7, 11) is 0. The molecule has 3 rings (SSSR count). The van der Waals surface area contributed by atoms with Gasteiger partial charge in [-0.15, -0.1) is 12.4 Å². The second-order valence-electron chi connectivity index (χ2n) is 7.87. The molecule has 29 heavy (non-hydrogen) atoms. The van der Waals surface area contributed by atoms with E-state index in [0.717, 1.165) is 30.6 Å². The molecular formula is C21H31ClN2O5. The molecule has 1 amide bonds. The van der Waals surface area contributed by atoms with Gasteiger partial charge in [-0.1, -0.05) is 26.3 Å². The van der Waals surface area contributed by atoms with Crippen LogP contribution in [0, 0.1) is 5.92 Å². The topological polar surface area (TPSA) is 88.1 Å². The molecule has 2 heterocycles. The van der Waals surface area contributed by atoms with E-state index in [-0.39, 0.29) is 36.8 Å². The minimum atomic E-state index is -0.851. The van der Waals surface area contributed by atoms with Gasteiger partial charge in [0.1, 0.15) is 6.04 Å². The Labute approximate surface area is 178 Å². The third kappa shape index (κ3) is 6.00. The standard InChI is InChI=1S/C21H30N2O5.ClH/c1-14(2)20(15-7-8-17-18(12-15)28-11-5-10-27-17)22-19(24)13-23-9-4-3-6-16(23)21(25)26;/h7-8,12,14,16,20H,3-6,9-11,13H2,1-2H3,(H,22,24)(H,25,26);1H. The highest BCUT2D eigenvalue weighted by Gasteiger charge is 2.30. The third-order valence-electron chi connectivity index (χ3n) is 5.36. The Hall–Kier alpha value is -1.99. The van der Waals surface area contributed by atoms with E-state index in [1.165, 1.54) is 0 Å². The van der Waals surface area contributed by atoms with E-state index in [1.807, 2.05) is 18.2 Å². The van der Waals surface area contributed by atoms with Gasteiger partial charge < -0.3 is 19.9 Å². The number of halogens is 1. The van der Waals surface area contributed by atoms with Crippen LogP contribution in [0.15, 0.2) is 18.2 Å². The summed E-state index contributed by atoms with van der Waals surface area (Å²) in [6, 6.07) is 5.03. The highest BCUT2D eigenvalue weighted by Crippen LogP contribution is 2.34. The third-order valence-corrected chi connectivity index (χ3v) is 5.36. The number of hydrogen-bond acceptors (Lipinski definition) is 5. The molecule has 0 aliphatic carbocycles. The number of nitrogens with one attached hydrogen (secondary N) is 1. The minimum absolute atomic E-state index is 0. The predicted octanol–water partition coefficient (Wildman–Crippen LogP) is 3.02. The quantitative estimate of drug-likeness (QED) is 0.726. The average Bonchev–Trinajstić information content (AvgIpc) is 2.91. The van der Waals surface area contributed by atoms with Gasteiger partial charge >= 0.3 is 5.97 Å². The van der Waals surface area contributed by atoms with Crippen molar-refractivity contribution in [3.8, 4) is 11.5 Å². The summed E-state index contributed by atoms with van der Waals surface area (Å²) in [6.07, 6.45) is 3.25. The van der Waals surface area contributed by atoms with Crippen LogP contribution in [0.3, 0.4) is 0 Å². The lowest BCUT2D eigenvalue weighted by Gasteiger charge is -2.33. The van der Waals surface area contributed by atoms with Crippen LogP contribution in [0.4, 0.5) is 0 Å². The average molecular weight is 427 g/mol. The normalized spacial score (nSPS) is 20.3. The lowest BCUT2D eigenvalue weighted by Crippen LogP contribution is -2.49. The molecule has 0 radical (unpaired) electrons. The minimum Gasteiger partial charge on any atom is -0.490 e. The zero-order valence-electron chi connectivity index (χ0n) is 17.1. The molecule has 2 N–H and O–H groups in total. The maximum Gasteiger partial charge on any atom is 0.320 e. The lowest BCUT2D eigenvalue weighted by atomic mass is 9.95. The van der Waals surface area contributed by atoms with E-state index >= 15 is 0 Å². The van der Waals surface area contributed by atoms with E-state index in [4.69, 9.17) is 9.47 Å². The Morgan fingerprint density at radius 1 is 1.17 bits per heavy atom. The van der Waals surface area contributed by atoms with E-state index in [9.17, 15) is 14.7 Å². The number of carbonyl (C=O) groups is 2. The van der Waals surface area contributed by atoms with Crippen molar-refractivity contribution in [1.82, 2.24) is 10.2 Å². The van der Waals surface area contributed by atoms with Crippen LogP contribution in [-0.4, -0.2) is 54.2 Å². The van der Waals surface area contributed by atoms with Crippen LogP contribution < -0.4 is 14.8 Å². The number of likely N-dealkylation sites (tertiary alicyclic amines) is 1. The molecule has 2 atom stereocenters. The van der Waals surface area contributed by atoms with Crippen LogP contribution in [0.1, 0.15) is 51.1 Å². The Kier molecular flexibility index (Phi) is 8.59. The smallest absolute Gasteiger partial charge is 0.320 e. The second kappa shape index (κ2) is 10.7.